The number of ether oxygens (including phenoxy) is 1. The molecule has 1 aliphatic heterocycles. The average Bonchev–Trinajstić information content (AvgIpc) is 2.70. The largest absolute Gasteiger partial charge is 0.378 e. The smallest absolute Gasteiger partial charge is 0.0590 e. The highest BCUT2D eigenvalue weighted by molar-refractivity contribution is 4.97. The summed E-state index contributed by atoms with van der Waals surface area (Å²) in [6.07, 6.45) is 4.95. The molecule has 0 aromatic carbocycles. The Bertz CT molecular complexity index is 241. The Balaban J connectivity index is 2.43. The quantitative estimate of drug-likeness (QED) is 0.699. The van der Waals surface area contributed by atoms with E-state index in [0.29, 0.717) is 18.1 Å². The molecule has 1 N–H and O–H groups in total. The maximum Gasteiger partial charge on any atom is 0.0590 e. The van der Waals surface area contributed by atoms with Gasteiger partial charge in [-0.2, -0.15) is 0 Å². The van der Waals surface area contributed by atoms with Crippen LogP contribution in [0, 0.1) is 17.8 Å². The van der Waals surface area contributed by atoms with Gasteiger partial charge in [-0.05, 0) is 39.7 Å². The first kappa shape index (κ1) is 13.5. The van der Waals surface area contributed by atoms with Gasteiger partial charge in [0.25, 0.3) is 0 Å². The van der Waals surface area contributed by atoms with Crippen LogP contribution >= 0.6 is 0 Å². The van der Waals surface area contributed by atoms with Crippen molar-refractivity contribution in [3.05, 3.63) is 0 Å². The maximum absolute atomic E-state index is 5.66. The molecular formula is C14H25NO. The maximum atomic E-state index is 5.66. The van der Waals surface area contributed by atoms with Crippen LogP contribution in [-0.2, 0) is 4.74 Å². The second-order valence-electron chi connectivity index (χ2n) is 4.55. The lowest BCUT2D eigenvalue weighted by molar-refractivity contribution is 0.0945. The van der Waals surface area contributed by atoms with Gasteiger partial charge in [0.15, 0.2) is 0 Å². The Labute approximate surface area is 100 Å². The van der Waals surface area contributed by atoms with Crippen molar-refractivity contribution < 1.29 is 4.74 Å². The summed E-state index contributed by atoms with van der Waals surface area (Å²) in [6.45, 7) is 8.35. The molecule has 0 aromatic rings. The zero-order valence-electron chi connectivity index (χ0n) is 10.9. The molecule has 2 nitrogen and oxygen atoms in total. The third kappa shape index (κ3) is 4.15. The summed E-state index contributed by atoms with van der Waals surface area (Å²) >= 11 is 0. The van der Waals surface area contributed by atoms with E-state index in [1.165, 1.54) is 12.8 Å². The van der Waals surface area contributed by atoms with Crippen molar-refractivity contribution in [2.45, 2.75) is 58.6 Å². The zero-order valence-corrected chi connectivity index (χ0v) is 10.9. The summed E-state index contributed by atoms with van der Waals surface area (Å²) < 4.78 is 5.66. The Morgan fingerprint density at radius 3 is 2.88 bits per heavy atom. The first-order valence-electron chi connectivity index (χ1n) is 6.54. The molecule has 0 radical (unpaired) electrons. The molecule has 0 bridgehead atoms. The minimum absolute atomic E-state index is 0.406. The topological polar surface area (TPSA) is 21.3 Å². The molecule has 0 saturated carbocycles. The minimum Gasteiger partial charge on any atom is -0.378 e. The fourth-order valence-electron chi connectivity index (χ4n) is 2.43. The molecule has 1 rings (SSSR count). The van der Waals surface area contributed by atoms with Gasteiger partial charge in [0.2, 0.25) is 0 Å². The average molecular weight is 223 g/mol. The van der Waals surface area contributed by atoms with Gasteiger partial charge in [0.1, 0.15) is 0 Å². The fourth-order valence-corrected chi connectivity index (χ4v) is 2.43. The Morgan fingerprint density at radius 1 is 1.50 bits per heavy atom. The predicted molar refractivity (Wildman–Crippen MR) is 68.3 cm³/mol. The molecule has 92 valence electrons. The van der Waals surface area contributed by atoms with E-state index in [1.54, 1.807) is 0 Å². The van der Waals surface area contributed by atoms with E-state index >= 15 is 0 Å². The lowest BCUT2D eigenvalue weighted by atomic mass is 9.90. The predicted octanol–water partition coefficient (Wildman–Crippen LogP) is 2.58. The van der Waals surface area contributed by atoms with Gasteiger partial charge in [-0.25, -0.2) is 0 Å². The highest BCUT2D eigenvalue weighted by atomic mass is 16.5. The Kier molecular flexibility index (Phi) is 6.52. The van der Waals surface area contributed by atoms with Gasteiger partial charge in [0, 0.05) is 25.0 Å². The third-order valence-corrected chi connectivity index (χ3v) is 3.37. The van der Waals surface area contributed by atoms with Crippen molar-refractivity contribution >= 4 is 0 Å². The summed E-state index contributed by atoms with van der Waals surface area (Å²) in [5.74, 6) is 6.81. The van der Waals surface area contributed by atoms with Gasteiger partial charge in [0.05, 0.1) is 6.10 Å². The van der Waals surface area contributed by atoms with Crippen LogP contribution in [0.3, 0.4) is 0 Å². The molecule has 1 fully saturated rings. The summed E-state index contributed by atoms with van der Waals surface area (Å²) in [5, 5.41) is 3.65. The van der Waals surface area contributed by atoms with Crippen LogP contribution in [0.15, 0.2) is 0 Å². The number of rotatable bonds is 6. The van der Waals surface area contributed by atoms with Crippen LogP contribution in [0.1, 0.15) is 46.5 Å². The summed E-state index contributed by atoms with van der Waals surface area (Å²) in [7, 11) is 0. The molecule has 3 unspecified atom stereocenters. The lowest BCUT2D eigenvalue weighted by Gasteiger charge is -2.26. The van der Waals surface area contributed by atoms with Crippen molar-refractivity contribution in [3.63, 3.8) is 0 Å². The van der Waals surface area contributed by atoms with Crippen molar-refractivity contribution in [2.24, 2.45) is 5.92 Å². The third-order valence-electron chi connectivity index (χ3n) is 3.37. The number of hydrogen-bond acceptors (Lipinski definition) is 2. The number of nitrogens with one attached hydrogen (secondary N) is 1. The second kappa shape index (κ2) is 7.70. The highest BCUT2D eigenvalue weighted by Crippen LogP contribution is 2.26. The minimum atomic E-state index is 0.406. The molecule has 1 saturated heterocycles. The van der Waals surface area contributed by atoms with E-state index < -0.39 is 0 Å². The molecule has 0 aliphatic carbocycles. The van der Waals surface area contributed by atoms with Gasteiger partial charge in [-0.1, -0.05) is 6.92 Å². The van der Waals surface area contributed by atoms with Crippen LogP contribution in [-0.4, -0.2) is 25.3 Å². The van der Waals surface area contributed by atoms with Crippen molar-refractivity contribution in [1.29, 1.82) is 0 Å². The van der Waals surface area contributed by atoms with Crippen molar-refractivity contribution in [1.82, 2.24) is 5.32 Å². The van der Waals surface area contributed by atoms with Gasteiger partial charge < -0.3 is 10.1 Å². The molecule has 1 aliphatic rings. The van der Waals surface area contributed by atoms with Crippen LogP contribution in [0.2, 0.25) is 0 Å². The normalized spacial score (nSPS) is 26.2. The summed E-state index contributed by atoms with van der Waals surface area (Å²) in [5.41, 5.74) is 0. The van der Waals surface area contributed by atoms with Gasteiger partial charge in [-0.15, -0.1) is 11.8 Å². The zero-order chi connectivity index (χ0) is 11.8. The van der Waals surface area contributed by atoms with E-state index in [1.807, 2.05) is 6.92 Å². The highest BCUT2D eigenvalue weighted by Gasteiger charge is 2.30. The van der Waals surface area contributed by atoms with Gasteiger partial charge in [-0.3, -0.25) is 0 Å². The van der Waals surface area contributed by atoms with Crippen molar-refractivity contribution in [3.8, 4) is 11.8 Å². The SMILES string of the molecule is CC#CCCC(NCCC)C1CCOC1C. The first-order valence-corrected chi connectivity index (χ1v) is 6.54. The molecule has 0 spiro atoms. The van der Waals surface area contributed by atoms with E-state index in [0.717, 1.165) is 26.0 Å². The number of hydrogen-bond donors (Lipinski definition) is 1. The molecule has 0 aromatic heterocycles. The molecular weight excluding hydrogens is 198 g/mol. The van der Waals surface area contributed by atoms with E-state index in [4.69, 9.17) is 4.74 Å². The van der Waals surface area contributed by atoms with E-state index in [2.05, 4.69) is 31.0 Å². The molecule has 3 atom stereocenters. The Morgan fingerprint density at radius 2 is 2.31 bits per heavy atom. The van der Waals surface area contributed by atoms with Crippen molar-refractivity contribution in [2.75, 3.05) is 13.2 Å². The Hall–Kier alpha value is -0.520. The van der Waals surface area contributed by atoms with E-state index in [-0.39, 0.29) is 0 Å². The van der Waals surface area contributed by atoms with Crippen LogP contribution in [0.4, 0.5) is 0 Å². The standard InChI is InChI=1S/C14H25NO/c1-4-6-7-8-14(15-10-5-2)13-9-11-16-12(13)3/h12-15H,5,7-11H2,1-3H3. The van der Waals surface area contributed by atoms with E-state index in [9.17, 15) is 0 Å². The monoisotopic (exact) mass is 223 g/mol. The lowest BCUT2D eigenvalue weighted by Crippen LogP contribution is -2.39. The van der Waals surface area contributed by atoms with Crippen LogP contribution in [0.25, 0.3) is 0 Å². The van der Waals surface area contributed by atoms with Crippen LogP contribution in [0.5, 0.6) is 0 Å². The van der Waals surface area contributed by atoms with Gasteiger partial charge >= 0.3 is 0 Å². The molecule has 1 heterocycles. The summed E-state index contributed by atoms with van der Waals surface area (Å²) in [6, 6.07) is 0.582. The fraction of sp³-hybridized carbons (Fsp3) is 0.857. The molecule has 0 amide bonds. The second-order valence-corrected chi connectivity index (χ2v) is 4.55. The summed E-state index contributed by atoms with van der Waals surface area (Å²) in [4.78, 5) is 0. The molecule has 16 heavy (non-hydrogen) atoms. The molecule has 2 heteroatoms. The first-order chi connectivity index (χ1) is 7.79. The van der Waals surface area contributed by atoms with Crippen LogP contribution < -0.4 is 5.32 Å².